The Hall–Kier alpha value is -0.320. The van der Waals surface area contributed by atoms with Crippen molar-refractivity contribution in [2.24, 2.45) is 0 Å². The fourth-order valence-electron chi connectivity index (χ4n) is 2.76. The van der Waals surface area contributed by atoms with Gasteiger partial charge in [-0.05, 0) is 35.4 Å². The average molecular weight is 491 g/mol. The summed E-state index contributed by atoms with van der Waals surface area (Å²) in [6.45, 7) is 10.9. The van der Waals surface area contributed by atoms with Gasteiger partial charge in [0, 0.05) is 12.4 Å². The summed E-state index contributed by atoms with van der Waals surface area (Å²) in [4.78, 5) is 0. The first-order chi connectivity index (χ1) is 12.1. The van der Waals surface area contributed by atoms with Crippen LogP contribution in [0.15, 0.2) is 54.9 Å². The standard InChI is InChI=1S/C19H28N2OSi.2ClH.Zr/c1-19(2,3)16-12-11-13-17(18(16)22)23(5,6)20(4)21-14-9-7-8-10-15-21;;;/h7-15,22H,1-6H3;2*1H;/q;;;+2/p-2. The van der Waals surface area contributed by atoms with Crippen LogP contribution in [0.5, 0.6) is 5.75 Å². The Morgan fingerprint density at radius 2 is 1.54 bits per heavy atom. The number of aromatic hydroxyl groups is 1. The number of nitrogens with zero attached hydrogens (tertiary/aromatic N) is 2. The monoisotopic (exact) mass is 488 g/mol. The van der Waals surface area contributed by atoms with Crippen LogP contribution in [0.3, 0.4) is 0 Å². The number of phenolic OH excluding ortho intramolecular Hbond substituents is 1. The molecule has 7 heteroatoms. The van der Waals surface area contributed by atoms with E-state index < -0.39 is 29.1 Å². The number of phenols is 1. The fourth-order valence-corrected chi connectivity index (χ4v) is 5.04. The topological polar surface area (TPSA) is 26.7 Å². The van der Waals surface area contributed by atoms with Gasteiger partial charge in [-0.15, -0.1) is 0 Å². The van der Waals surface area contributed by atoms with E-state index in [4.69, 9.17) is 17.0 Å². The molecule has 0 aromatic heterocycles. The summed E-state index contributed by atoms with van der Waals surface area (Å²) in [5.74, 6) is 0.449. The van der Waals surface area contributed by atoms with Gasteiger partial charge in [0.1, 0.15) is 5.75 Å². The third-order valence-corrected chi connectivity index (χ3v) is 8.04. The van der Waals surface area contributed by atoms with Crippen LogP contribution >= 0.6 is 17.0 Å². The molecule has 1 aliphatic heterocycles. The zero-order valence-electron chi connectivity index (χ0n) is 16.3. The number of hydrazine groups is 1. The van der Waals surface area contributed by atoms with Crippen molar-refractivity contribution in [3.63, 3.8) is 0 Å². The molecule has 3 nitrogen and oxygen atoms in total. The van der Waals surface area contributed by atoms with E-state index in [2.05, 4.69) is 62.7 Å². The Bertz CT molecular complexity index is 669. The van der Waals surface area contributed by atoms with Crippen LogP contribution in [0.2, 0.25) is 13.1 Å². The Kier molecular flexibility index (Phi) is 9.38. The fraction of sp³-hybridized carbons (Fsp3) is 0.368. The second-order valence-corrected chi connectivity index (χ2v) is 15.6. The molecule has 0 spiro atoms. The molecule has 0 saturated carbocycles. The average Bonchev–Trinajstić information content (AvgIpc) is 2.83. The number of hydrogen-bond donors (Lipinski definition) is 1. The molecule has 0 aliphatic carbocycles. The Morgan fingerprint density at radius 1 is 1.04 bits per heavy atom. The van der Waals surface area contributed by atoms with Gasteiger partial charge in [0.05, 0.1) is 0 Å². The van der Waals surface area contributed by atoms with E-state index in [1.165, 1.54) is 0 Å². The van der Waals surface area contributed by atoms with Gasteiger partial charge < -0.3 is 5.11 Å². The summed E-state index contributed by atoms with van der Waals surface area (Å²) >= 11 is -0.826. The number of halogens is 2. The quantitative estimate of drug-likeness (QED) is 0.589. The summed E-state index contributed by atoms with van der Waals surface area (Å²) in [5.41, 5.74) is 0.933. The molecular formula is C19H28Cl2N2OSiZr. The van der Waals surface area contributed by atoms with E-state index in [0.29, 0.717) is 5.75 Å². The molecule has 0 bridgehead atoms. The van der Waals surface area contributed by atoms with Crippen LogP contribution < -0.4 is 5.19 Å². The predicted molar refractivity (Wildman–Crippen MR) is 113 cm³/mol. The van der Waals surface area contributed by atoms with E-state index in [0.717, 1.165) is 10.8 Å². The molecule has 1 aromatic rings. The SMILES string of the molecule is CN(N1C=CC=CC=C1)[Si](C)(C)c1cccc(C(C)(C)C)c1O.[Cl][Zr][Cl]. The second kappa shape index (κ2) is 10.3. The molecule has 26 heavy (non-hydrogen) atoms. The first-order valence-corrected chi connectivity index (χ1v) is 17.7. The molecule has 142 valence electrons. The molecule has 1 aromatic carbocycles. The van der Waals surface area contributed by atoms with Crippen molar-refractivity contribution in [3.05, 3.63) is 60.5 Å². The van der Waals surface area contributed by atoms with Gasteiger partial charge >= 0.3 is 37.9 Å². The van der Waals surface area contributed by atoms with Crippen LogP contribution in [0.25, 0.3) is 0 Å². The minimum absolute atomic E-state index is 0.0739. The third-order valence-electron chi connectivity index (χ3n) is 4.47. The van der Waals surface area contributed by atoms with Gasteiger partial charge in [-0.3, -0.25) is 5.01 Å². The molecule has 0 amide bonds. The molecule has 1 aliphatic rings. The Morgan fingerprint density at radius 3 is 2.00 bits per heavy atom. The van der Waals surface area contributed by atoms with E-state index >= 15 is 0 Å². The van der Waals surface area contributed by atoms with Crippen molar-refractivity contribution in [2.45, 2.75) is 39.3 Å². The van der Waals surface area contributed by atoms with Crippen molar-refractivity contribution in [1.29, 1.82) is 0 Å². The summed E-state index contributed by atoms with van der Waals surface area (Å²) < 4.78 is 2.26. The van der Waals surface area contributed by atoms with E-state index in [-0.39, 0.29) is 5.41 Å². The predicted octanol–water partition coefficient (Wildman–Crippen LogP) is 5.22. The van der Waals surface area contributed by atoms with Crippen LogP contribution in [-0.2, 0) is 26.3 Å². The number of benzene rings is 1. The Labute approximate surface area is 177 Å². The van der Waals surface area contributed by atoms with E-state index in [9.17, 15) is 5.11 Å². The molecule has 0 radical (unpaired) electrons. The molecule has 0 saturated heterocycles. The molecule has 1 heterocycles. The summed E-state index contributed by atoms with van der Waals surface area (Å²) in [6.07, 6.45) is 12.1. The number of para-hydroxylation sites is 1. The molecule has 0 unspecified atom stereocenters. The first kappa shape index (κ1) is 23.7. The molecular weight excluding hydrogens is 462 g/mol. The zero-order chi connectivity index (χ0) is 20.0. The molecule has 2 rings (SSSR count). The van der Waals surface area contributed by atoms with Crippen LogP contribution in [0.1, 0.15) is 26.3 Å². The second-order valence-electron chi connectivity index (χ2n) is 7.55. The van der Waals surface area contributed by atoms with Crippen LogP contribution in [-0.4, -0.2) is 30.1 Å². The number of rotatable bonds is 3. The number of allylic oxidation sites excluding steroid dienone is 4. The maximum atomic E-state index is 10.9. The van der Waals surface area contributed by atoms with E-state index in [1.807, 2.05) is 42.8 Å². The van der Waals surface area contributed by atoms with Gasteiger partial charge in [-0.1, -0.05) is 64.2 Å². The van der Waals surface area contributed by atoms with Crippen molar-refractivity contribution < 1.29 is 26.0 Å². The maximum absolute atomic E-state index is 10.9. The Balaban J connectivity index is 0.00000105. The van der Waals surface area contributed by atoms with Crippen LogP contribution in [0, 0.1) is 0 Å². The summed E-state index contributed by atoms with van der Waals surface area (Å²) in [5, 5.41) is 14.1. The zero-order valence-corrected chi connectivity index (χ0v) is 21.3. The van der Waals surface area contributed by atoms with Gasteiger partial charge in [0.2, 0.25) is 0 Å². The summed E-state index contributed by atoms with van der Waals surface area (Å²) in [6, 6.07) is 6.16. The van der Waals surface area contributed by atoms with Gasteiger partial charge in [0.25, 0.3) is 0 Å². The van der Waals surface area contributed by atoms with Crippen molar-refractivity contribution >= 4 is 30.4 Å². The van der Waals surface area contributed by atoms with E-state index in [1.54, 1.807) is 0 Å². The normalized spacial score (nSPS) is 14.1. The first-order valence-electron chi connectivity index (χ1n) is 8.40. The van der Waals surface area contributed by atoms with Crippen molar-refractivity contribution in [1.82, 2.24) is 9.68 Å². The van der Waals surface area contributed by atoms with Crippen molar-refractivity contribution in [2.75, 3.05) is 7.05 Å². The van der Waals surface area contributed by atoms with Gasteiger partial charge in [-0.2, -0.15) is 0 Å². The van der Waals surface area contributed by atoms with Gasteiger partial charge in [-0.25, -0.2) is 4.67 Å². The third kappa shape index (κ3) is 6.10. The number of hydrogen-bond acceptors (Lipinski definition) is 3. The van der Waals surface area contributed by atoms with Crippen LogP contribution in [0.4, 0.5) is 0 Å². The minimum atomic E-state index is -2.07. The summed E-state index contributed by atoms with van der Waals surface area (Å²) in [7, 11) is 9.89. The van der Waals surface area contributed by atoms with Gasteiger partial charge in [0.15, 0.2) is 8.24 Å². The molecule has 0 atom stereocenters. The molecule has 1 N–H and O–H groups in total. The van der Waals surface area contributed by atoms with Crippen molar-refractivity contribution in [3.8, 4) is 5.75 Å². The molecule has 0 fully saturated rings.